The van der Waals surface area contributed by atoms with Gasteiger partial charge in [0.1, 0.15) is 0 Å². The maximum atomic E-state index is 13.7. The van der Waals surface area contributed by atoms with E-state index in [4.69, 9.17) is 9.72 Å². The zero-order chi connectivity index (χ0) is 34.0. The first-order valence-electron chi connectivity index (χ1n) is 16.4. The largest absolute Gasteiger partial charge is 0.381 e. The van der Waals surface area contributed by atoms with Gasteiger partial charge in [-0.05, 0) is 42.5 Å². The van der Waals surface area contributed by atoms with Crippen molar-refractivity contribution in [3.63, 3.8) is 0 Å². The van der Waals surface area contributed by atoms with Crippen LogP contribution in [0.4, 0.5) is 5.69 Å². The third-order valence-electron chi connectivity index (χ3n) is 9.75. The van der Waals surface area contributed by atoms with Gasteiger partial charge in [-0.1, -0.05) is 40.7 Å². The first-order valence-corrected chi connectivity index (χ1v) is 20.1. The number of aryl methyl sites for hydroxylation is 1. The van der Waals surface area contributed by atoms with E-state index in [-0.39, 0.29) is 33.5 Å². The molecule has 7 rings (SSSR count). The Morgan fingerprint density at radius 3 is 2.35 bits per heavy atom. The Morgan fingerprint density at radius 2 is 1.71 bits per heavy atom. The fourth-order valence-corrected chi connectivity index (χ4v) is 9.49. The first kappa shape index (κ1) is 32.9. The predicted molar refractivity (Wildman–Crippen MR) is 197 cm³/mol. The molecule has 16 heteroatoms. The van der Waals surface area contributed by atoms with Gasteiger partial charge < -0.3 is 14.2 Å². The minimum absolute atomic E-state index is 0.0380. The quantitative estimate of drug-likeness (QED) is 0.227. The summed E-state index contributed by atoms with van der Waals surface area (Å²) in [7, 11) is 1.32. The van der Waals surface area contributed by atoms with Gasteiger partial charge in [-0.15, -0.1) is 5.10 Å². The van der Waals surface area contributed by atoms with Crippen molar-refractivity contribution in [2.75, 3.05) is 49.0 Å². The standard InChI is InChI=1S/C32H39B3N6O5S2/c1-39-29(31(37-38-39)32(33,34)35)22-18-24-27(36-19-22)26-23(40-12-16-48(44,45)17-13-40)8-9-25(47(2,42)43)30(26)41(24)28(20-6-4-3-5-7-20)21-10-14-46-15-11-21/h3-9,18-19,21,28H,10-17,33-35H2,1-2H3/t28-/m1/s1. The van der Waals surface area contributed by atoms with Crippen LogP contribution in [-0.2, 0) is 36.6 Å². The summed E-state index contributed by atoms with van der Waals surface area (Å²) in [6, 6.07) is 15.6. The Hall–Kier alpha value is -3.62. The fraction of sp³-hybridized carbons (Fsp3) is 0.406. The van der Waals surface area contributed by atoms with Crippen molar-refractivity contribution in [2.45, 2.75) is 28.9 Å². The van der Waals surface area contributed by atoms with Gasteiger partial charge in [-0.25, -0.2) is 21.5 Å². The van der Waals surface area contributed by atoms with Crippen LogP contribution in [0.15, 0.2) is 59.6 Å². The van der Waals surface area contributed by atoms with Crippen LogP contribution in [0.3, 0.4) is 0 Å². The number of rotatable bonds is 7. The molecule has 0 spiro atoms. The zero-order valence-electron chi connectivity index (χ0n) is 28.0. The highest BCUT2D eigenvalue weighted by Crippen LogP contribution is 2.46. The first-order chi connectivity index (χ1) is 22.7. The monoisotopic (exact) mass is 684 g/mol. The Morgan fingerprint density at radius 1 is 1.02 bits per heavy atom. The number of pyridine rings is 1. The van der Waals surface area contributed by atoms with E-state index in [0.717, 1.165) is 46.6 Å². The minimum Gasteiger partial charge on any atom is -0.381 e. The molecular formula is C32H39B3N6O5S2. The van der Waals surface area contributed by atoms with Crippen LogP contribution < -0.4 is 4.90 Å². The lowest BCUT2D eigenvalue weighted by Gasteiger charge is -2.34. The van der Waals surface area contributed by atoms with Crippen LogP contribution in [0, 0.1) is 5.92 Å². The lowest BCUT2D eigenvalue weighted by Crippen LogP contribution is -2.40. The number of anilines is 1. The number of hydrogen-bond donors (Lipinski definition) is 0. The molecule has 0 N–H and O–H groups in total. The van der Waals surface area contributed by atoms with Crippen LogP contribution >= 0.6 is 0 Å². The Labute approximate surface area is 284 Å². The zero-order valence-corrected chi connectivity index (χ0v) is 29.7. The molecule has 0 radical (unpaired) electrons. The van der Waals surface area contributed by atoms with Gasteiger partial charge >= 0.3 is 0 Å². The van der Waals surface area contributed by atoms with Crippen molar-refractivity contribution in [1.82, 2.24) is 24.5 Å². The lowest BCUT2D eigenvalue weighted by molar-refractivity contribution is 0.0552. The third kappa shape index (κ3) is 5.85. The van der Waals surface area contributed by atoms with E-state index < -0.39 is 19.7 Å². The Bertz CT molecular complexity index is 2230. The number of ether oxygens (including phenoxy) is 1. The molecular weight excluding hydrogens is 645 g/mol. The number of aromatic nitrogens is 5. The van der Waals surface area contributed by atoms with Gasteiger partial charge in [0, 0.05) is 57.1 Å². The van der Waals surface area contributed by atoms with Gasteiger partial charge in [-0.2, -0.15) is 0 Å². The number of nitrogens with zero attached hydrogens (tertiary/aromatic N) is 6. The molecule has 0 amide bonds. The highest BCUT2D eigenvalue weighted by Gasteiger charge is 2.35. The molecule has 2 aliphatic rings. The van der Waals surface area contributed by atoms with E-state index in [1.54, 1.807) is 10.7 Å². The summed E-state index contributed by atoms with van der Waals surface area (Å²) >= 11 is 0. The highest BCUT2D eigenvalue weighted by molar-refractivity contribution is 7.91. The number of benzene rings is 2. The molecule has 1 atom stereocenters. The third-order valence-corrected chi connectivity index (χ3v) is 12.5. The Kier molecular flexibility index (Phi) is 8.27. The van der Waals surface area contributed by atoms with Gasteiger partial charge in [0.15, 0.2) is 19.7 Å². The van der Waals surface area contributed by atoms with E-state index in [1.165, 1.54) is 6.26 Å². The highest BCUT2D eigenvalue weighted by atomic mass is 32.2. The molecule has 5 heterocycles. The fourth-order valence-electron chi connectivity index (χ4n) is 7.42. The maximum Gasteiger partial charge on any atom is 0.177 e. The van der Waals surface area contributed by atoms with Crippen LogP contribution in [0.5, 0.6) is 0 Å². The summed E-state index contributed by atoms with van der Waals surface area (Å²) in [5, 5.41) is 9.33. The maximum absolute atomic E-state index is 13.7. The molecule has 2 saturated heterocycles. The van der Waals surface area contributed by atoms with Crippen LogP contribution in [0.25, 0.3) is 33.2 Å². The summed E-state index contributed by atoms with van der Waals surface area (Å²) in [4.78, 5) is 7.40. The van der Waals surface area contributed by atoms with Gasteiger partial charge in [0.25, 0.3) is 0 Å². The molecule has 48 heavy (non-hydrogen) atoms. The second-order valence-electron chi connectivity index (χ2n) is 14.1. The molecule has 0 unspecified atom stereocenters. The lowest BCUT2D eigenvalue weighted by atomic mass is 9.41. The molecule has 0 bridgehead atoms. The topological polar surface area (TPSA) is 129 Å². The summed E-state index contributed by atoms with van der Waals surface area (Å²) in [5.41, 5.74) is 6.42. The summed E-state index contributed by atoms with van der Waals surface area (Å²) in [6.07, 6.45) is 4.69. The van der Waals surface area contributed by atoms with Crippen molar-refractivity contribution in [2.24, 2.45) is 13.0 Å². The summed E-state index contributed by atoms with van der Waals surface area (Å²) in [6.45, 7) is 1.88. The average Bonchev–Trinajstić information content (AvgIpc) is 3.60. The number of hydrogen-bond acceptors (Lipinski definition) is 9. The summed E-state index contributed by atoms with van der Waals surface area (Å²) < 4.78 is 62.0. The van der Waals surface area contributed by atoms with Gasteiger partial charge in [0.05, 0.1) is 79.3 Å². The molecule has 3 aromatic heterocycles. The van der Waals surface area contributed by atoms with Crippen LogP contribution in [-0.4, -0.2) is 109 Å². The molecule has 2 aliphatic heterocycles. The Balaban J connectivity index is 1.62. The van der Waals surface area contributed by atoms with E-state index in [9.17, 15) is 16.8 Å². The normalized spacial score (nSPS) is 18.4. The second-order valence-corrected chi connectivity index (χ2v) is 18.4. The van der Waals surface area contributed by atoms with Crippen molar-refractivity contribution in [3.8, 4) is 11.3 Å². The van der Waals surface area contributed by atoms with Crippen LogP contribution in [0.2, 0.25) is 0 Å². The van der Waals surface area contributed by atoms with Crippen molar-refractivity contribution < 1.29 is 21.6 Å². The van der Waals surface area contributed by atoms with Crippen molar-refractivity contribution in [3.05, 3.63) is 66.0 Å². The van der Waals surface area contributed by atoms with Crippen molar-refractivity contribution >= 4 is 70.8 Å². The van der Waals surface area contributed by atoms with Gasteiger partial charge in [-0.3, -0.25) is 4.98 Å². The smallest absolute Gasteiger partial charge is 0.177 e. The SMILES string of the molecule is BC(B)(B)c1nnn(C)c1-c1cnc2c3c(N4CCS(=O)(=O)CC4)ccc(S(C)(=O)=O)c3n([C@H](c3ccccc3)C3CCOCC3)c2c1. The summed E-state index contributed by atoms with van der Waals surface area (Å²) in [5.74, 6) is 0.232. The van der Waals surface area contributed by atoms with E-state index >= 15 is 0 Å². The number of fused-ring (bicyclic) bond motifs is 3. The second kappa shape index (κ2) is 12.1. The van der Waals surface area contributed by atoms with Crippen molar-refractivity contribution in [1.29, 1.82) is 0 Å². The van der Waals surface area contributed by atoms with E-state index in [2.05, 4.69) is 61.5 Å². The molecule has 0 aliphatic carbocycles. The van der Waals surface area contributed by atoms with Gasteiger partial charge in [0.2, 0.25) is 0 Å². The predicted octanol–water partition coefficient (Wildman–Crippen LogP) is 0.649. The minimum atomic E-state index is -3.71. The van der Waals surface area contributed by atoms with E-state index in [1.807, 2.05) is 37.5 Å². The molecule has 0 saturated carbocycles. The molecule has 248 valence electrons. The molecule has 11 nitrogen and oxygen atoms in total. The number of sulfone groups is 2. The van der Waals surface area contributed by atoms with E-state index in [0.29, 0.717) is 42.7 Å². The molecule has 5 aromatic rings. The molecule has 2 fully saturated rings. The average molecular weight is 684 g/mol. The molecule has 2 aromatic carbocycles. The van der Waals surface area contributed by atoms with Crippen LogP contribution in [0.1, 0.15) is 30.1 Å².